The van der Waals surface area contributed by atoms with Crippen molar-refractivity contribution in [3.05, 3.63) is 48.6 Å². The summed E-state index contributed by atoms with van der Waals surface area (Å²) in [5.74, 6) is 0. The minimum absolute atomic E-state index is 0.0181. The molecule has 0 radical (unpaired) electrons. The Morgan fingerprint density at radius 2 is 1.31 bits per heavy atom. The second-order valence-electron chi connectivity index (χ2n) is 4.86. The second-order valence-corrected chi connectivity index (χ2v) is 5.57. The zero-order valence-electron chi connectivity index (χ0n) is 9.81. The summed E-state index contributed by atoms with van der Waals surface area (Å²) in [5.41, 5.74) is 0.0363. The van der Waals surface area contributed by atoms with Crippen LogP contribution in [-0.2, 0) is 29.5 Å². The zero-order chi connectivity index (χ0) is 11.6. The molecule has 0 heterocycles. The van der Waals surface area contributed by atoms with Gasteiger partial charge in [0.2, 0.25) is 0 Å². The fourth-order valence-electron chi connectivity index (χ4n) is 2.62. The van der Waals surface area contributed by atoms with Crippen LogP contribution in [-0.4, -0.2) is 10.4 Å². The molecule has 0 aromatic heterocycles. The molecule has 0 aliphatic heterocycles. The Bertz CT molecular complexity index is 318. The fraction of sp³-hybridized carbons (Fsp3) is 0.429. The van der Waals surface area contributed by atoms with Crippen LogP contribution in [0.25, 0.3) is 0 Å². The molecule has 0 amide bonds. The van der Waals surface area contributed by atoms with Gasteiger partial charge in [0.05, 0.1) is 0 Å². The summed E-state index contributed by atoms with van der Waals surface area (Å²) < 4.78 is 6.89. The summed E-state index contributed by atoms with van der Waals surface area (Å²) in [6.45, 7) is 4.49. The molecule has 1 nitrogen and oxygen atoms in total. The summed E-state index contributed by atoms with van der Waals surface area (Å²) in [6, 6.07) is 0. The Hall–Kier alpha value is -0.197. The molecule has 0 fully saturated rings. The first-order valence-electron chi connectivity index (χ1n) is 5.61. The van der Waals surface area contributed by atoms with Crippen molar-refractivity contribution < 1.29 is 29.5 Å². The van der Waals surface area contributed by atoms with Gasteiger partial charge in [-0.2, -0.15) is 0 Å². The molecule has 2 rings (SSSR count). The predicted octanol–water partition coefficient (Wildman–Crippen LogP) is 3.14. The number of allylic oxidation sites excluding steroid dienone is 4. The summed E-state index contributed by atoms with van der Waals surface area (Å²) in [4.78, 5) is 0. The topological polar surface area (TPSA) is 9.23 Å². The van der Waals surface area contributed by atoms with Crippen LogP contribution in [0.5, 0.6) is 0 Å². The molecule has 0 saturated heterocycles. The minimum atomic E-state index is 0.0181. The van der Waals surface area contributed by atoms with E-state index in [1.807, 2.05) is 0 Å². The van der Waals surface area contributed by atoms with Gasteiger partial charge in [-0.05, 0) is 0 Å². The van der Waals surface area contributed by atoms with Gasteiger partial charge in [-0.15, -0.1) is 0 Å². The molecule has 83 valence electrons. The summed E-state index contributed by atoms with van der Waals surface area (Å²) >= 11 is 1.43. The van der Waals surface area contributed by atoms with E-state index in [1.54, 1.807) is 0 Å². The van der Waals surface area contributed by atoms with Crippen LogP contribution in [0.3, 0.4) is 0 Å². The van der Waals surface area contributed by atoms with Crippen LogP contribution in [0, 0.1) is 10.8 Å². The Labute approximate surface area is 113 Å². The van der Waals surface area contributed by atoms with Crippen molar-refractivity contribution in [3.63, 3.8) is 0 Å². The quantitative estimate of drug-likeness (QED) is 0.773. The Balaban J connectivity index is 2.30. The number of rotatable bonds is 4. The molecule has 0 saturated carbocycles. The molecule has 16 heavy (non-hydrogen) atoms. The van der Waals surface area contributed by atoms with Crippen molar-refractivity contribution in [2.24, 2.45) is 10.8 Å². The first-order valence-corrected chi connectivity index (χ1v) is 7.35. The fourth-order valence-corrected chi connectivity index (χ4v) is 3.03. The molecule has 0 aromatic carbocycles. The van der Waals surface area contributed by atoms with Crippen LogP contribution in [0.15, 0.2) is 48.6 Å². The third-order valence-corrected chi connectivity index (χ3v) is 3.83. The van der Waals surface area contributed by atoms with Crippen molar-refractivity contribution in [2.75, 3.05) is 4.31 Å². The van der Waals surface area contributed by atoms with E-state index in [1.165, 1.54) is 24.7 Å². The van der Waals surface area contributed by atoms with Crippen LogP contribution in [0.1, 0.15) is 13.8 Å². The van der Waals surface area contributed by atoms with Gasteiger partial charge in [-0.3, -0.25) is 0 Å². The Kier molecular flexibility index (Phi) is 3.51. The van der Waals surface area contributed by atoms with Gasteiger partial charge in [0.25, 0.3) is 0 Å². The van der Waals surface area contributed by atoms with Crippen molar-refractivity contribution in [1.82, 2.24) is 0 Å². The van der Waals surface area contributed by atoms with Crippen molar-refractivity contribution in [3.8, 4) is 0 Å². The molecule has 2 heteroatoms. The molecule has 0 atom stereocenters. The van der Waals surface area contributed by atoms with E-state index in [0.29, 0.717) is 0 Å². The average Bonchev–Trinajstić information content (AvgIpc) is 2.85. The molecule has 2 aliphatic rings. The molecule has 0 spiro atoms. The van der Waals surface area contributed by atoms with Crippen LogP contribution in [0.4, 0.5) is 0 Å². The first kappa shape index (κ1) is 12.3. The van der Waals surface area contributed by atoms with Crippen molar-refractivity contribution in [1.29, 1.82) is 0 Å². The maximum absolute atomic E-state index is 6.05. The average molecular weight is 293 g/mol. The third-order valence-electron chi connectivity index (χ3n) is 3.42. The van der Waals surface area contributed by atoms with E-state index in [9.17, 15) is 0 Å². The Morgan fingerprint density at radius 3 is 1.62 bits per heavy atom. The van der Waals surface area contributed by atoms with Crippen LogP contribution >= 0.6 is 0 Å². The first-order chi connectivity index (χ1) is 7.61. The van der Waals surface area contributed by atoms with E-state index in [-0.39, 0.29) is 16.9 Å². The second kappa shape index (κ2) is 4.58. The van der Waals surface area contributed by atoms with E-state index < -0.39 is 0 Å². The van der Waals surface area contributed by atoms with E-state index in [0.717, 1.165) is 4.31 Å². The maximum atomic E-state index is 6.05. The SMILES string of the molecule is CC1(C(O[CH2][Zr])C2(C)C=CC=C2)C=CC=C1. The molecule has 0 bridgehead atoms. The summed E-state index contributed by atoms with van der Waals surface area (Å²) in [6.07, 6.45) is 17.6. The van der Waals surface area contributed by atoms with Crippen molar-refractivity contribution >= 4 is 0 Å². The monoisotopic (exact) mass is 291 g/mol. The number of hydrogen-bond donors (Lipinski definition) is 0. The van der Waals surface area contributed by atoms with Crippen LogP contribution < -0.4 is 0 Å². The molecule has 0 aromatic rings. The predicted molar refractivity (Wildman–Crippen MR) is 62.5 cm³/mol. The molecule has 0 unspecified atom stereocenters. The van der Waals surface area contributed by atoms with Gasteiger partial charge in [-0.25, -0.2) is 0 Å². The standard InChI is InChI=1S/C14H17O.Zr/c1-13(8-4-5-9-13)12(15-3)14(2)10-6-7-11-14;/h4-12H,3H2,1-2H3;. The van der Waals surface area contributed by atoms with E-state index >= 15 is 0 Å². The normalized spacial score (nSPS) is 23.6. The van der Waals surface area contributed by atoms with E-state index in [4.69, 9.17) is 4.74 Å². The molecule has 2 aliphatic carbocycles. The summed E-state index contributed by atoms with van der Waals surface area (Å²) in [7, 11) is 0. The Morgan fingerprint density at radius 1 is 0.938 bits per heavy atom. The summed E-state index contributed by atoms with van der Waals surface area (Å²) in [5, 5.41) is 0. The van der Waals surface area contributed by atoms with Crippen LogP contribution in [0.2, 0.25) is 0 Å². The van der Waals surface area contributed by atoms with Gasteiger partial charge in [0, 0.05) is 0 Å². The molecular formula is C14H17OZr. The molecule has 0 N–H and O–H groups in total. The number of ether oxygens (including phenoxy) is 1. The third kappa shape index (κ3) is 2.10. The van der Waals surface area contributed by atoms with E-state index in [2.05, 4.69) is 62.5 Å². The van der Waals surface area contributed by atoms with Gasteiger partial charge >= 0.3 is 113 Å². The van der Waals surface area contributed by atoms with Gasteiger partial charge in [0.15, 0.2) is 0 Å². The number of hydrogen-bond acceptors (Lipinski definition) is 1. The molecular weight excluding hydrogens is 275 g/mol. The van der Waals surface area contributed by atoms with Gasteiger partial charge in [0.1, 0.15) is 0 Å². The van der Waals surface area contributed by atoms with Crippen molar-refractivity contribution in [2.45, 2.75) is 20.0 Å². The van der Waals surface area contributed by atoms with Gasteiger partial charge < -0.3 is 0 Å². The zero-order valence-corrected chi connectivity index (χ0v) is 12.3. The van der Waals surface area contributed by atoms with Gasteiger partial charge in [-0.1, -0.05) is 0 Å².